The van der Waals surface area contributed by atoms with E-state index < -0.39 is 5.92 Å². The monoisotopic (exact) mass is 301 g/mol. The minimum atomic E-state index is -0.505. The molecule has 0 saturated carbocycles. The van der Waals surface area contributed by atoms with Gasteiger partial charge in [-0.1, -0.05) is 12.1 Å². The van der Waals surface area contributed by atoms with Crippen molar-refractivity contribution in [2.45, 2.75) is 13.3 Å². The maximum absolute atomic E-state index is 11.8. The normalized spacial score (nSPS) is 17.3. The molecule has 116 valence electrons. The lowest BCUT2D eigenvalue weighted by atomic mass is 10.0. The summed E-state index contributed by atoms with van der Waals surface area (Å²) in [5.74, 6) is -1.08. The average Bonchev–Trinajstić information content (AvgIpc) is 2.79. The van der Waals surface area contributed by atoms with Crippen LogP contribution in [0.4, 0.5) is 5.69 Å². The first kappa shape index (κ1) is 15.7. The third-order valence-corrected chi connectivity index (χ3v) is 3.37. The molecule has 1 atom stereocenters. The summed E-state index contributed by atoms with van der Waals surface area (Å²) in [5.41, 5.74) is 7.35. The maximum Gasteiger partial charge on any atom is 0.249 e. The lowest BCUT2D eigenvalue weighted by molar-refractivity contribution is -0.127. The summed E-state index contributed by atoms with van der Waals surface area (Å²) in [6, 6.07) is 7.75. The Morgan fingerprint density at radius 3 is 2.64 bits per heavy atom. The lowest BCUT2D eigenvalue weighted by Gasteiger charge is -2.11. The molecule has 1 aromatic rings. The van der Waals surface area contributed by atoms with Crippen LogP contribution in [0.1, 0.15) is 18.9 Å². The second kappa shape index (κ2) is 6.84. The van der Waals surface area contributed by atoms with E-state index in [4.69, 9.17) is 0 Å². The van der Waals surface area contributed by atoms with Gasteiger partial charge in [0.1, 0.15) is 0 Å². The molecule has 1 aromatic carbocycles. The van der Waals surface area contributed by atoms with E-state index >= 15 is 0 Å². The van der Waals surface area contributed by atoms with Crippen LogP contribution in [0.15, 0.2) is 34.5 Å². The number of carbonyl (C=O) groups is 2. The summed E-state index contributed by atoms with van der Waals surface area (Å²) in [4.78, 5) is 25.2. The van der Waals surface area contributed by atoms with Crippen LogP contribution in [0.3, 0.4) is 0 Å². The van der Waals surface area contributed by atoms with Gasteiger partial charge in [0.2, 0.25) is 11.8 Å². The van der Waals surface area contributed by atoms with Gasteiger partial charge in [0, 0.05) is 31.9 Å². The van der Waals surface area contributed by atoms with E-state index in [1.807, 2.05) is 43.3 Å². The second-order valence-electron chi connectivity index (χ2n) is 5.27. The molecule has 0 aromatic heterocycles. The molecule has 0 fully saturated rings. The van der Waals surface area contributed by atoms with Crippen molar-refractivity contribution < 1.29 is 9.59 Å². The van der Waals surface area contributed by atoms with Crippen LogP contribution in [0.2, 0.25) is 0 Å². The lowest BCUT2D eigenvalue weighted by Crippen LogP contribution is -2.29. The van der Waals surface area contributed by atoms with Crippen molar-refractivity contribution in [1.82, 2.24) is 10.9 Å². The fraction of sp³-hybridized carbons (Fsp3) is 0.333. The number of amides is 2. The van der Waals surface area contributed by atoms with Gasteiger partial charge in [0.05, 0.1) is 12.1 Å². The summed E-state index contributed by atoms with van der Waals surface area (Å²) in [6.45, 7) is 1.71. The zero-order chi connectivity index (χ0) is 16.1. The first-order chi connectivity index (χ1) is 10.5. The molecule has 7 nitrogen and oxygen atoms in total. The van der Waals surface area contributed by atoms with E-state index in [1.54, 1.807) is 13.1 Å². The van der Waals surface area contributed by atoms with Gasteiger partial charge in [0.25, 0.3) is 0 Å². The van der Waals surface area contributed by atoms with Crippen molar-refractivity contribution in [3.63, 3.8) is 0 Å². The van der Waals surface area contributed by atoms with E-state index in [-0.39, 0.29) is 18.2 Å². The highest BCUT2D eigenvalue weighted by molar-refractivity contribution is 6.09. The molecule has 2 amide bonds. The first-order valence-corrected chi connectivity index (χ1v) is 6.90. The second-order valence-corrected chi connectivity index (χ2v) is 5.27. The van der Waals surface area contributed by atoms with Crippen molar-refractivity contribution in [3.05, 3.63) is 29.8 Å². The number of carbonyl (C=O) groups excluding carboxylic acids is 2. The summed E-state index contributed by atoms with van der Waals surface area (Å²) >= 11 is 0. The molecule has 7 heteroatoms. The van der Waals surface area contributed by atoms with Crippen LogP contribution < -0.4 is 15.8 Å². The maximum atomic E-state index is 11.8. The van der Waals surface area contributed by atoms with Crippen LogP contribution in [0.5, 0.6) is 0 Å². The van der Waals surface area contributed by atoms with Crippen molar-refractivity contribution in [2.24, 2.45) is 16.1 Å². The number of hydrogen-bond donors (Lipinski definition) is 2. The minimum absolute atomic E-state index is 0.0398. The highest BCUT2D eigenvalue weighted by atomic mass is 16.2. The minimum Gasteiger partial charge on any atom is -0.378 e. The fourth-order valence-electron chi connectivity index (χ4n) is 2.00. The average molecular weight is 301 g/mol. The van der Waals surface area contributed by atoms with Gasteiger partial charge in [-0.15, -0.1) is 0 Å². The highest BCUT2D eigenvalue weighted by Crippen LogP contribution is 2.12. The van der Waals surface area contributed by atoms with Crippen LogP contribution in [-0.2, 0) is 9.59 Å². The topological polar surface area (TPSA) is 86.2 Å². The molecule has 0 saturated heterocycles. The number of rotatable bonds is 5. The molecule has 0 aliphatic carbocycles. The van der Waals surface area contributed by atoms with E-state index in [0.29, 0.717) is 5.71 Å². The third kappa shape index (κ3) is 3.91. The summed E-state index contributed by atoms with van der Waals surface area (Å²) < 4.78 is 0. The number of anilines is 1. The van der Waals surface area contributed by atoms with E-state index in [2.05, 4.69) is 21.1 Å². The first-order valence-electron chi connectivity index (χ1n) is 6.90. The smallest absolute Gasteiger partial charge is 0.249 e. The van der Waals surface area contributed by atoms with Crippen LogP contribution in [-0.4, -0.2) is 37.8 Å². The van der Waals surface area contributed by atoms with Crippen molar-refractivity contribution in [2.75, 3.05) is 19.0 Å². The number of nitrogens with zero attached hydrogens (tertiary/aromatic N) is 3. The number of hydrogen-bond acceptors (Lipinski definition) is 5. The van der Waals surface area contributed by atoms with Gasteiger partial charge in [-0.3, -0.25) is 9.59 Å². The largest absolute Gasteiger partial charge is 0.378 e. The van der Waals surface area contributed by atoms with Crippen LogP contribution in [0.25, 0.3) is 0 Å². The molecule has 0 unspecified atom stereocenters. The van der Waals surface area contributed by atoms with Gasteiger partial charge >= 0.3 is 0 Å². The van der Waals surface area contributed by atoms with Crippen molar-refractivity contribution in [1.29, 1.82) is 0 Å². The molecular weight excluding hydrogens is 282 g/mol. The number of nitrogens with one attached hydrogen (secondary N) is 2. The molecule has 1 aliphatic rings. The molecule has 0 bridgehead atoms. The van der Waals surface area contributed by atoms with Gasteiger partial charge in [0.15, 0.2) is 0 Å². The van der Waals surface area contributed by atoms with Crippen molar-refractivity contribution >= 4 is 29.4 Å². The van der Waals surface area contributed by atoms with Gasteiger partial charge in [-0.25, -0.2) is 10.9 Å². The number of benzene rings is 1. The summed E-state index contributed by atoms with van der Waals surface area (Å²) in [5, 5.41) is 7.70. The predicted molar refractivity (Wildman–Crippen MR) is 85.9 cm³/mol. The van der Waals surface area contributed by atoms with Crippen LogP contribution in [0, 0.1) is 5.92 Å². The molecule has 1 heterocycles. The Balaban J connectivity index is 1.85. The number of hydrazone groups is 2. The van der Waals surface area contributed by atoms with Gasteiger partial charge in [-0.05, 0) is 24.6 Å². The predicted octanol–water partition coefficient (Wildman–Crippen LogP) is 0.715. The van der Waals surface area contributed by atoms with E-state index in [1.165, 1.54) is 0 Å². The Hall–Kier alpha value is -2.70. The molecule has 0 radical (unpaired) electrons. The Morgan fingerprint density at radius 1 is 1.41 bits per heavy atom. The zero-order valence-electron chi connectivity index (χ0n) is 12.8. The summed E-state index contributed by atoms with van der Waals surface area (Å²) in [7, 11) is 3.93. The Labute approximate surface area is 129 Å². The highest BCUT2D eigenvalue weighted by Gasteiger charge is 2.28. The van der Waals surface area contributed by atoms with Crippen LogP contribution >= 0.6 is 0 Å². The molecule has 2 N–H and O–H groups in total. The molecule has 22 heavy (non-hydrogen) atoms. The van der Waals surface area contributed by atoms with E-state index in [9.17, 15) is 9.59 Å². The molecular formula is C15H19N5O2. The Morgan fingerprint density at radius 2 is 2.09 bits per heavy atom. The Bertz CT molecular complexity index is 619. The fourth-order valence-corrected chi connectivity index (χ4v) is 2.00. The quantitative estimate of drug-likeness (QED) is 0.620. The summed E-state index contributed by atoms with van der Waals surface area (Å²) in [6.07, 6.45) is 1.60. The molecule has 1 aliphatic heterocycles. The standard InChI is InChI=1S/C15H19N5O2/c1-10-13(15(22)19-17-10)8-14(21)18-16-9-11-4-6-12(7-5-11)20(2)3/h4-7,9,13H,8H2,1-3H3,(H,18,21)(H,19,22)/b16-9-/t13-/m0/s1. The molecule has 2 rings (SSSR count). The SMILES string of the molecule is CC1=NNC(=O)[C@H]1CC(=O)N/N=C\c1ccc(N(C)C)cc1. The zero-order valence-corrected chi connectivity index (χ0v) is 12.8. The molecule has 0 spiro atoms. The van der Waals surface area contributed by atoms with E-state index in [0.717, 1.165) is 11.3 Å². The van der Waals surface area contributed by atoms with Gasteiger partial charge < -0.3 is 4.90 Å². The van der Waals surface area contributed by atoms with Crippen molar-refractivity contribution in [3.8, 4) is 0 Å². The Kier molecular flexibility index (Phi) is 4.88. The third-order valence-electron chi connectivity index (χ3n) is 3.37. The van der Waals surface area contributed by atoms with Gasteiger partial charge in [-0.2, -0.15) is 10.2 Å².